The van der Waals surface area contributed by atoms with Gasteiger partial charge in [-0.1, -0.05) is 34.8 Å². The number of pyridine rings is 2. The molecular formula is C15H10Cl3F3N6O. The number of nitrogens with one attached hydrogen (secondary N) is 2. The highest BCUT2D eigenvalue weighted by Gasteiger charge is 2.33. The minimum atomic E-state index is -4.58. The first-order valence-corrected chi connectivity index (χ1v) is 8.71. The number of hydrogen-bond donors (Lipinski definition) is 2. The molecule has 2 aromatic heterocycles. The fourth-order valence-corrected chi connectivity index (χ4v) is 2.98. The predicted octanol–water partition coefficient (Wildman–Crippen LogP) is 4.16. The van der Waals surface area contributed by atoms with Gasteiger partial charge in [0.05, 0.1) is 20.6 Å². The lowest BCUT2D eigenvalue weighted by molar-refractivity contribution is -0.137. The molecule has 2 N–H and O–H groups in total. The number of hydrogen-bond acceptors (Lipinski definition) is 6. The van der Waals surface area contributed by atoms with Gasteiger partial charge in [-0.05, 0) is 12.1 Å². The van der Waals surface area contributed by atoms with Crippen molar-refractivity contribution < 1.29 is 18.0 Å². The van der Waals surface area contributed by atoms with Crippen molar-refractivity contribution in [3.05, 3.63) is 45.2 Å². The standard InChI is InChI=1S/C15H10Cl3F3N6O/c16-8-4-10(18)13(23-6-8)27-11(1-2-24-27)14(28)26-25-12-9(17)3-7(5-22-12)15(19,20)21/h2-6,11H,1H2,(H,22,25)(H,26,28). The third kappa shape index (κ3) is 4.40. The number of rotatable bonds is 4. The maximum atomic E-state index is 12.6. The highest BCUT2D eigenvalue weighted by molar-refractivity contribution is 6.36. The van der Waals surface area contributed by atoms with Crippen LogP contribution >= 0.6 is 34.8 Å². The third-order valence-corrected chi connectivity index (χ3v) is 4.38. The van der Waals surface area contributed by atoms with E-state index in [1.807, 2.05) is 0 Å². The summed E-state index contributed by atoms with van der Waals surface area (Å²) in [6.45, 7) is 0. The van der Waals surface area contributed by atoms with E-state index in [1.165, 1.54) is 23.5 Å². The van der Waals surface area contributed by atoms with Crippen molar-refractivity contribution in [2.24, 2.45) is 5.10 Å². The molecule has 0 aromatic carbocycles. The number of nitrogens with zero attached hydrogens (tertiary/aromatic N) is 4. The Balaban J connectivity index is 1.69. The zero-order chi connectivity index (χ0) is 20.5. The summed E-state index contributed by atoms with van der Waals surface area (Å²) in [5, 5.41) is 5.59. The minimum absolute atomic E-state index is 0.142. The largest absolute Gasteiger partial charge is 0.417 e. The number of alkyl halides is 3. The smallest absolute Gasteiger partial charge is 0.281 e. The quantitative estimate of drug-likeness (QED) is 0.679. The van der Waals surface area contributed by atoms with E-state index in [1.54, 1.807) is 0 Å². The number of halogens is 6. The van der Waals surface area contributed by atoms with Crippen molar-refractivity contribution in [1.82, 2.24) is 15.4 Å². The Morgan fingerprint density at radius 2 is 1.89 bits per heavy atom. The highest BCUT2D eigenvalue weighted by Crippen LogP contribution is 2.32. The summed E-state index contributed by atoms with van der Waals surface area (Å²) in [5.41, 5.74) is 3.73. The van der Waals surface area contributed by atoms with E-state index in [-0.39, 0.29) is 28.1 Å². The van der Waals surface area contributed by atoms with Crippen LogP contribution in [0.15, 0.2) is 29.6 Å². The van der Waals surface area contributed by atoms with E-state index in [9.17, 15) is 18.0 Å². The molecule has 1 aliphatic rings. The van der Waals surface area contributed by atoms with Crippen molar-refractivity contribution >= 4 is 58.6 Å². The molecule has 2 aromatic rings. The summed E-state index contributed by atoms with van der Waals surface area (Å²) < 4.78 is 37.9. The summed E-state index contributed by atoms with van der Waals surface area (Å²) in [6, 6.07) is 1.36. The SMILES string of the molecule is O=C(NNc1ncc(C(F)(F)F)cc1Cl)C1CC=NN1c1ncc(Cl)cc1Cl. The second-order valence-corrected chi connectivity index (χ2v) is 6.77. The average Bonchev–Trinajstić information content (AvgIpc) is 3.09. The minimum Gasteiger partial charge on any atom is -0.281 e. The van der Waals surface area contributed by atoms with Crippen molar-refractivity contribution in [1.29, 1.82) is 0 Å². The molecule has 0 aliphatic carbocycles. The van der Waals surface area contributed by atoms with Crippen molar-refractivity contribution in [2.45, 2.75) is 18.6 Å². The molecule has 3 heterocycles. The molecule has 1 amide bonds. The van der Waals surface area contributed by atoms with Crippen LogP contribution in [0.5, 0.6) is 0 Å². The summed E-state index contributed by atoms with van der Waals surface area (Å²) in [4.78, 5) is 20.1. The lowest BCUT2D eigenvalue weighted by Gasteiger charge is -2.23. The van der Waals surface area contributed by atoms with Gasteiger partial charge in [-0.25, -0.2) is 15.0 Å². The maximum absolute atomic E-state index is 12.6. The van der Waals surface area contributed by atoms with Gasteiger partial charge in [-0.2, -0.15) is 18.3 Å². The Labute approximate surface area is 171 Å². The molecule has 1 aliphatic heterocycles. The van der Waals surface area contributed by atoms with E-state index in [0.717, 1.165) is 0 Å². The Hall–Kier alpha value is -2.30. The van der Waals surface area contributed by atoms with Crippen LogP contribution in [0.1, 0.15) is 12.0 Å². The van der Waals surface area contributed by atoms with Crippen LogP contribution in [0.3, 0.4) is 0 Å². The number of carbonyl (C=O) groups excluding carboxylic acids is 1. The molecule has 1 atom stereocenters. The van der Waals surface area contributed by atoms with Gasteiger partial charge < -0.3 is 0 Å². The van der Waals surface area contributed by atoms with Crippen molar-refractivity contribution in [2.75, 3.05) is 10.4 Å². The molecule has 0 saturated carbocycles. The van der Waals surface area contributed by atoms with Gasteiger partial charge in [-0.15, -0.1) is 0 Å². The number of hydrazone groups is 1. The van der Waals surface area contributed by atoms with Crippen molar-refractivity contribution in [3.63, 3.8) is 0 Å². The Bertz CT molecular complexity index is 940. The number of carbonyl (C=O) groups is 1. The molecule has 7 nitrogen and oxygen atoms in total. The fraction of sp³-hybridized carbons (Fsp3) is 0.200. The number of hydrazine groups is 1. The molecule has 0 radical (unpaired) electrons. The molecule has 13 heteroatoms. The maximum Gasteiger partial charge on any atom is 0.417 e. The molecule has 148 valence electrons. The van der Waals surface area contributed by atoms with Crippen LogP contribution in [0, 0.1) is 0 Å². The summed E-state index contributed by atoms with van der Waals surface area (Å²) in [6.07, 6.45) is -0.869. The Morgan fingerprint density at radius 3 is 2.54 bits per heavy atom. The number of anilines is 2. The zero-order valence-corrected chi connectivity index (χ0v) is 15.9. The second kappa shape index (κ2) is 7.98. The summed E-state index contributed by atoms with van der Waals surface area (Å²) >= 11 is 17.7. The molecular weight excluding hydrogens is 444 g/mol. The van der Waals surface area contributed by atoms with Crippen LogP contribution < -0.4 is 15.9 Å². The van der Waals surface area contributed by atoms with E-state index in [4.69, 9.17) is 34.8 Å². The van der Waals surface area contributed by atoms with Gasteiger partial charge in [0, 0.05) is 25.0 Å². The molecule has 1 unspecified atom stereocenters. The van der Waals surface area contributed by atoms with Crippen LogP contribution in [0.25, 0.3) is 0 Å². The van der Waals surface area contributed by atoms with Gasteiger partial charge in [0.1, 0.15) is 6.04 Å². The van der Waals surface area contributed by atoms with E-state index in [2.05, 4.69) is 25.9 Å². The second-order valence-electron chi connectivity index (χ2n) is 5.52. The zero-order valence-electron chi connectivity index (χ0n) is 13.6. The highest BCUT2D eigenvalue weighted by atomic mass is 35.5. The van der Waals surface area contributed by atoms with Crippen LogP contribution in [-0.2, 0) is 11.0 Å². The first-order valence-electron chi connectivity index (χ1n) is 7.58. The van der Waals surface area contributed by atoms with Gasteiger partial charge >= 0.3 is 6.18 Å². The number of aromatic nitrogens is 2. The first-order chi connectivity index (χ1) is 13.2. The molecule has 3 rings (SSSR count). The van der Waals surface area contributed by atoms with E-state index < -0.39 is 23.7 Å². The molecule has 0 saturated heterocycles. The monoisotopic (exact) mass is 452 g/mol. The molecule has 0 spiro atoms. The fourth-order valence-electron chi connectivity index (χ4n) is 2.30. The predicted molar refractivity (Wildman–Crippen MR) is 99.6 cm³/mol. The average molecular weight is 454 g/mol. The molecule has 0 bridgehead atoms. The van der Waals surface area contributed by atoms with Crippen LogP contribution in [-0.4, -0.2) is 28.1 Å². The Kier molecular flexibility index (Phi) is 5.82. The van der Waals surface area contributed by atoms with Crippen molar-refractivity contribution in [3.8, 4) is 0 Å². The first kappa shape index (κ1) is 20.4. The number of amides is 1. The van der Waals surface area contributed by atoms with Gasteiger partial charge in [0.2, 0.25) is 0 Å². The lowest BCUT2D eigenvalue weighted by atomic mass is 10.2. The van der Waals surface area contributed by atoms with Crippen LogP contribution in [0.4, 0.5) is 24.8 Å². The Morgan fingerprint density at radius 1 is 1.14 bits per heavy atom. The van der Waals surface area contributed by atoms with E-state index >= 15 is 0 Å². The van der Waals surface area contributed by atoms with Gasteiger partial charge in [0.15, 0.2) is 11.6 Å². The normalized spacial score (nSPS) is 16.4. The summed E-state index contributed by atoms with van der Waals surface area (Å²) in [5.74, 6) is -0.468. The van der Waals surface area contributed by atoms with E-state index in [0.29, 0.717) is 17.3 Å². The van der Waals surface area contributed by atoms with Gasteiger partial charge in [0.25, 0.3) is 5.91 Å². The lowest BCUT2D eigenvalue weighted by Crippen LogP contribution is -2.45. The molecule has 28 heavy (non-hydrogen) atoms. The van der Waals surface area contributed by atoms with Crippen LogP contribution in [0.2, 0.25) is 15.1 Å². The third-order valence-electron chi connectivity index (χ3n) is 3.61. The molecule has 0 fully saturated rings. The topological polar surface area (TPSA) is 82.5 Å². The summed E-state index contributed by atoms with van der Waals surface area (Å²) in [7, 11) is 0. The van der Waals surface area contributed by atoms with Gasteiger partial charge in [-0.3, -0.25) is 15.6 Å².